The van der Waals surface area contributed by atoms with Crippen molar-refractivity contribution < 1.29 is 14.5 Å². The second-order valence-electron chi connectivity index (χ2n) is 7.11. The predicted molar refractivity (Wildman–Crippen MR) is 111 cm³/mol. The number of anilines is 1. The molecule has 3 aromatic carbocycles. The maximum Gasteiger partial charge on any atom is 0.269 e. The number of hydrogen-bond donors (Lipinski definition) is 1. The van der Waals surface area contributed by atoms with Crippen molar-refractivity contribution in [2.45, 2.75) is 18.3 Å². The summed E-state index contributed by atoms with van der Waals surface area (Å²) in [7, 11) is 0. The van der Waals surface area contributed by atoms with Crippen molar-refractivity contribution in [2.24, 2.45) is 0 Å². The third-order valence-corrected chi connectivity index (χ3v) is 5.02. The highest BCUT2D eigenvalue weighted by molar-refractivity contribution is 6.04. The number of non-ortho nitro benzene ring substituents is 1. The molecule has 0 radical (unpaired) electrons. The molecule has 0 aromatic heterocycles. The minimum atomic E-state index is -0.476. The summed E-state index contributed by atoms with van der Waals surface area (Å²) in [5, 5.41) is 22.9. The Morgan fingerprint density at radius 3 is 2.43 bits per heavy atom. The van der Waals surface area contributed by atoms with Gasteiger partial charge in [-0.15, -0.1) is 0 Å². The fraction of sp³-hybridized carbons (Fsp3) is 0.130. The van der Waals surface area contributed by atoms with Gasteiger partial charge in [-0.3, -0.25) is 14.9 Å². The average molecular weight is 399 g/mol. The van der Waals surface area contributed by atoms with Gasteiger partial charge in [0.05, 0.1) is 16.4 Å². The number of benzene rings is 3. The van der Waals surface area contributed by atoms with Crippen LogP contribution in [0.25, 0.3) is 0 Å². The van der Waals surface area contributed by atoms with Gasteiger partial charge in [-0.25, -0.2) is 0 Å². The molecule has 4 rings (SSSR count). The molecule has 1 aliphatic rings. The minimum Gasteiger partial charge on any atom is -0.457 e. The first kappa shape index (κ1) is 19.2. The van der Waals surface area contributed by atoms with Crippen LogP contribution >= 0.6 is 0 Å². The van der Waals surface area contributed by atoms with E-state index in [9.17, 15) is 20.2 Å². The summed E-state index contributed by atoms with van der Waals surface area (Å²) in [6.45, 7) is 0. The van der Waals surface area contributed by atoms with E-state index in [0.29, 0.717) is 22.7 Å². The topological polar surface area (TPSA) is 105 Å². The zero-order valence-corrected chi connectivity index (χ0v) is 15.9. The molecule has 0 aliphatic heterocycles. The van der Waals surface area contributed by atoms with Gasteiger partial charge in [-0.1, -0.05) is 18.2 Å². The van der Waals surface area contributed by atoms with Crippen molar-refractivity contribution in [1.29, 1.82) is 5.26 Å². The Morgan fingerprint density at radius 2 is 1.77 bits per heavy atom. The summed E-state index contributed by atoms with van der Waals surface area (Å²) >= 11 is 0. The van der Waals surface area contributed by atoms with Crippen molar-refractivity contribution in [1.82, 2.24) is 0 Å². The maximum absolute atomic E-state index is 12.7. The van der Waals surface area contributed by atoms with E-state index >= 15 is 0 Å². The molecule has 148 valence electrons. The van der Waals surface area contributed by atoms with E-state index in [1.165, 1.54) is 24.3 Å². The van der Waals surface area contributed by atoms with Crippen LogP contribution in [0.3, 0.4) is 0 Å². The van der Waals surface area contributed by atoms with E-state index in [4.69, 9.17) is 4.74 Å². The van der Waals surface area contributed by atoms with Gasteiger partial charge in [-0.05, 0) is 54.8 Å². The Kier molecular flexibility index (Phi) is 4.90. The number of nitro groups is 1. The molecule has 0 spiro atoms. The molecule has 0 atom stereocenters. The smallest absolute Gasteiger partial charge is 0.269 e. The largest absolute Gasteiger partial charge is 0.457 e. The highest BCUT2D eigenvalue weighted by Crippen LogP contribution is 2.47. The molecule has 7 heteroatoms. The van der Waals surface area contributed by atoms with E-state index in [1.807, 2.05) is 6.07 Å². The number of carbonyl (C=O) groups is 1. The monoisotopic (exact) mass is 399 g/mol. The number of ether oxygens (including phenoxy) is 1. The van der Waals surface area contributed by atoms with Crippen LogP contribution in [0.2, 0.25) is 0 Å². The van der Waals surface area contributed by atoms with Crippen LogP contribution in [0.1, 0.15) is 28.8 Å². The second kappa shape index (κ2) is 7.68. The highest BCUT2D eigenvalue weighted by Gasteiger charge is 2.44. The van der Waals surface area contributed by atoms with Gasteiger partial charge < -0.3 is 10.1 Å². The molecular formula is C23H17N3O4. The number of nitrogens with one attached hydrogen (secondary N) is 1. The maximum atomic E-state index is 12.7. The van der Waals surface area contributed by atoms with E-state index in [2.05, 4.69) is 11.4 Å². The molecule has 1 amide bonds. The fourth-order valence-corrected chi connectivity index (χ4v) is 3.16. The van der Waals surface area contributed by atoms with E-state index in [1.54, 1.807) is 42.5 Å². The molecule has 0 saturated heterocycles. The van der Waals surface area contributed by atoms with Crippen LogP contribution in [0.4, 0.5) is 11.4 Å². The van der Waals surface area contributed by atoms with Crippen molar-refractivity contribution in [3.05, 3.63) is 94.0 Å². The Labute approximate surface area is 172 Å². The van der Waals surface area contributed by atoms with Crippen LogP contribution in [-0.2, 0) is 5.41 Å². The third kappa shape index (κ3) is 3.98. The number of amides is 1. The Balaban J connectivity index is 1.47. The van der Waals surface area contributed by atoms with Crippen LogP contribution in [-0.4, -0.2) is 10.8 Å². The second-order valence-corrected chi connectivity index (χ2v) is 7.11. The molecular weight excluding hydrogens is 382 g/mol. The SMILES string of the molecule is N#CC1(c2cccc(C(=O)Nc3cccc(Oc4ccc([N+](=O)[O-])cc4)c3)c2)CC1. The van der Waals surface area contributed by atoms with Crippen LogP contribution < -0.4 is 10.1 Å². The Hall–Kier alpha value is -4.18. The van der Waals surface area contributed by atoms with Crippen molar-refractivity contribution in [3.8, 4) is 17.6 Å². The lowest BCUT2D eigenvalue weighted by atomic mass is 9.96. The lowest BCUT2D eigenvalue weighted by Gasteiger charge is -2.11. The number of nitrogens with zero attached hydrogens (tertiary/aromatic N) is 2. The van der Waals surface area contributed by atoms with Crippen molar-refractivity contribution >= 4 is 17.3 Å². The first-order chi connectivity index (χ1) is 14.5. The zero-order chi connectivity index (χ0) is 21.1. The molecule has 0 unspecified atom stereocenters. The molecule has 7 nitrogen and oxygen atoms in total. The predicted octanol–water partition coefficient (Wildman–Crippen LogP) is 5.19. The van der Waals surface area contributed by atoms with Gasteiger partial charge in [0.1, 0.15) is 11.5 Å². The molecule has 1 fully saturated rings. The number of rotatable bonds is 6. The van der Waals surface area contributed by atoms with Crippen molar-refractivity contribution in [3.63, 3.8) is 0 Å². The molecule has 0 bridgehead atoms. The molecule has 1 N–H and O–H groups in total. The minimum absolute atomic E-state index is 0.0185. The van der Waals surface area contributed by atoms with Gasteiger partial charge in [0, 0.05) is 29.4 Å². The summed E-state index contributed by atoms with van der Waals surface area (Å²) < 4.78 is 5.72. The fourth-order valence-electron chi connectivity index (χ4n) is 3.16. The first-order valence-corrected chi connectivity index (χ1v) is 9.35. The molecule has 3 aromatic rings. The molecule has 0 heterocycles. The summed E-state index contributed by atoms with van der Waals surface area (Å²) in [5.74, 6) is 0.651. The third-order valence-electron chi connectivity index (χ3n) is 5.02. The van der Waals surface area contributed by atoms with Gasteiger partial charge in [-0.2, -0.15) is 5.26 Å². The van der Waals surface area contributed by atoms with Crippen molar-refractivity contribution in [2.75, 3.05) is 5.32 Å². The summed E-state index contributed by atoms with van der Waals surface area (Å²) in [6, 6.07) is 22.1. The summed E-state index contributed by atoms with van der Waals surface area (Å²) in [6.07, 6.45) is 1.63. The number of nitro benzene ring substituents is 1. The average Bonchev–Trinajstić information content (AvgIpc) is 3.56. The van der Waals surface area contributed by atoms with Gasteiger partial charge in [0.25, 0.3) is 11.6 Å². The van der Waals surface area contributed by atoms with E-state index < -0.39 is 10.3 Å². The van der Waals surface area contributed by atoms with Crippen LogP contribution in [0.15, 0.2) is 72.8 Å². The highest BCUT2D eigenvalue weighted by atomic mass is 16.6. The molecule has 30 heavy (non-hydrogen) atoms. The quantitative estimate of drug-likeness (QED) is 0.453. The van der Waals surface area contributed by atoms with E-state index in [-0.39, 0.29) is 11.6 Å². The zero-order valence-electron chi connectivity index (χ0n) is 15.9. The number of hydrogen-bond acceptors (Lipinski definition) is 5. The normalized spacial score (nSPS) is 13.7. The number of nitriles is 1. The van der Waals surface area contributed by atoms with Crippen LogP contribution in [0.5, 0.6) is 11.5 Å². The lowest BCUT2D eigenvalue weighted by Crippen LogP contribution is -2.13. The summed E-state index contributed by atoms with van der Waals surface area (Å²) in [5.41, 5.74) is 1.43. The van der Waals surface area contributed by atoms with Gasteiger partial charge in [0.2, 0.25) is 0 Å². The van der Waals surface area contributed by atoms with E-state index in [0.717, 1.165) is 18.4 Å². The molecule has 1 saturated carbocycles. The van der Waals surface area contributed by atoms with Gasteiger partial charge >= 0.3 is 0 Å². The first-order valence-electron chi connectivity index (χ1n) is 9.35. The number of carbonyl (C=O) groups excluding carboxylic acids is 1. The Bertz CT molecular complexity index is 1160. The summed E-state index contributed by atoms with van der Waals surface area (Å²) in [4.78, 5) is 22.9. The standard InChI is InChI=1S/C23H17N3O4/c24-15-23(11-12-23)17-4-1-3-16(13-17)22(27)25-18-5-2-6-21(14-18)30-20-9-7-19(8-10-20)26(28)29/h1-10,13-14H,11-12H2,(H,25,27). The van der Waals surface area contributed by atoms with Crippen LogP contribution in [0, 0.1) is 21.4 Å². The molecule has 1 aliphatic carbocycles. The lowest BCUT2D eigenvalue weighted by molar-refractivity contribution is -0.384. The Morgan fingerprint density at radius 1 is 1.03 bits per heavy atom. The van der Waals surface area contributed by atoms with Gasteiger partial charge in [0.15, 0.2) is 0 Å².